The van der Waals surface area contributed by atoms with Crippen LogP contribution in [0, 0.1) is 18.3 Å². The van der Waals surface area contributed by atoms with Crippen molar-refractivity contribution in [2.24, 2.45) is 7.05 Å². The fourth-order valence-corrected chi connectivity index (χ4v) is 1.42. The fourth-order valence-electron chi connectivity index (χ4n) is 1.42. The molecule has 5 nitrogen and oxygen atoms in total. The van der Waals surface area contributed by atoms with Crippen molar-refractivity contribution in [1.82, 2.24) is 9.78 Å². The van der Waals surface area contributed by atoms with Crippen LogP contribution in [-0.2, 0) is 11.8 Å². The Balaban J connectivity index is 2.43. The third-order valence-electron chi connectivity index (χ3n) is 2.14. The van der Waals surface area contributed by atoms with Gasteiger partial charge in [0.25, 0.3) is 0 Å². The summed E-state index contributed by atoms with van der Waals surface area (Å²) in [6.45, 7) is 0.479. The first kappa shape index (κ1) is 14.3. The van der Waals surface area contributed by atoms with E-state index < -0.39 is 12.8 Å². The maximum Gasteiger partial charge on any atom is 0.411 e. The molecule has 0 saturated heterocycles. The number of nitrogens with zero attached hydrogens (tertiary/aromatic N) is 3. The molecule has 0 aliphatic heterocycles. The van der Waals surface area contributed by atoms with E-state index in [0.717, 1.165) is 0 Å². The van der Waals surface area contributed by atoms with E-state index in [4.69, 9.17) is 5.26 Å². The summed E-state index contributed by atoms with van der Waals surface area (Å²) in [5, 5.41) is 15.8. The van der Waals surface area contributed by atoms with Crippen molar-refractivity contribution in [2.75, 3.05) is 25.1 Å². The van der Waals surface area contributed by atoms with Crippen LogP contribution in [0.1, 0.15) is 11.3 Å². The first-order valence-corrected chi connectivity index (χ1v) is 5.17. The highest BCUT2D eigenvalue weighted by atomic mass is 19.4. The molecule has 0 unspecified atom stereocenters. The molecule has 1 heterocycles. The van der Waals surface area contributed by atoms with Crippen molar-refractivity contribution < 1.29 is 17.9 Å². The van der Waals surface area contributed by atoms with Gasteiger partial charge in [-0.2, -0.15) is 23.5 Å². The van der Waals surface area contributed by atoms with Crippen molar-refractivity contribution >= 4 is 5.82 Å². The van der Waals surface area contributed by atoms with Gasteiger partial charge in [-0.3, -0.25) is 4.68 Å². The van der Waals surface area contributed by atoms with Crippen LogP contribution in [0.3, 0.4) is 0 Å². The number of anilines is 1. The second-order valence-corrected chi connectivity index (χ2v) is 3.64. The van der Waals surface area contributed by atoms with Gasteiger partial charge in [0.15, 0.2) is 0 Å². The standard InChI is InChI=1S/C10H13F3N4O/c1-7-8(5-14)9(17(2)16-7)15-3-4-18-6-10(11,12)13/h15H,3-4,6H2,1-2H3. The molecule has 1 aromatic heterocycles. The lowest BCUT2D eigenvalue weighted by Gasteiger charge is -2.09. The van der Waals surface area contributed by atoms with E-state index in [9.17, 15) is 13.2 Å². The van der Waals surface area contributed by atoms with Gasteiger partial charge >= 0.3 is 6.18 Å². The number of hydrogen-bond acceptors (Lipinski definition) is 4. The van der Waals surface area contributed by atoms with E-state index in [0.29, 0.717) is 17.1 Å². The predicted octanol–water partition coefficient (Wildman–Crippen LogP) is 1.59. The lowest BCUT2D eigenvalue weighted by atomic mass is 10.2. The average molecular weight is 262 g/mol. The lowest BCUT2D eigenvalue weighted by molar-refractivity contribution is -0.172. The molecule has 0 aromatic carbocycles. The highest BCUT2D eigenvalue weighted by molar-refractivity contribution is 5.54. The van der Waals surface area contributed by atoms with Crippen LogP contribution < -0.4 is 5.32 Å². The topological polar surface area (TPSA) is 62.9 Å². The van der Waals surface area contributed by atoms with Crippen LogP contribution in [-0.4, -0.2) is 35.7 Å². The quantitative estimate of drug-likeness (QED) is 0.818. The highest BCUT2D eigenvalue weighted by Gasteiger charge is 2.27. The SMILES string of the molecule is Cc1nn(C)c(NCCOCC(F)(F)F)c1C#N. The average Bonchev–Trinajstić information content (AvgIpc) is 2.51. The van der Waals surface area contributed by atoms with Crippen LogP contribution in [0.4, 0.5) is 19.0 Å². The summed E-state index contributed by atoms with van der Waals surface area (Å²) >= 11 is 0. The van der Waals surface area contributed by atoms with Gasteiger partial charge in [-0.15, -0.1) is 0 Å². The summed E-state index contributed by atoms with van der Waals surface area (Å²) in [7, 11) is 1.65. The molecule has 100 valence electrons. The van der Waals surface area contributed by atoms with Gasteiger partial charge in [0.1, 0.15) is 24.1 Å². The van der Waals surface area contributed by atoms with Crippen LogP contribution in [0.15, 0.2) is 0 Å². The molecule has 1 rings (SSSR count). The number of hydrogen-bond donors (Lipinski definition) is 1. The normalized spacial score (nSPS) is 11.3. The van der Waals surface area contributed by atoms with Crippen LogP contribution in [0.25, 0.3) is 0 Å². The largest absolute Gasteiger partial charge is 0.411 e. The molecular formula is C10H13F3N4O. The predicted molar refractivity (Wildman–Crippen MR) is 58.0 cm³/mol. The smallest absolute Gasteiger partial charge is 0.370 e. The van der Waals surface area contributed by atoms with Gasteiger partial charge in [0, 0.05) is 13.6 Å². The minimum atomic E-state index is -4.32. The number of nitriles is 1. The van der Waals surface area contributed by atoms with Crippen molar-refractivity contribution in [3.8, 4) is 6.07 Å². The van der Waals surface area contributed by atoms with E-state index in [-0.39, 0.29) is 13.2 Å². The molecule has 0 radical (unpaired) electrons. The van der Waals surface area contributed by atoms with E-state index in [1.807, 2.05) is 6.07 Å². The van der Waals surface area contributed by atoms with Crippen LogP contribution in [0.5, 0.6) is 0 Å². The minimum absolute atomic E-state index is 0.103. The summed E-state index contributed by atoms with van der Waals surface area (Å²) < 4.78 is 41.3. The molecule has 1 N–H and O–H groups in total. The maximum absolute atomic E-state index is 11.8. The summed E-state index contributed by atoms with van der Waals surface area (Å²) in [5.74, 6) is 0.477. The first-order valence-electron chi connectivity index (χ1n) is 5.17. The molecule has 0 amide bonds. The summed E-state index contributed by atoms with van der Waals surface area (Å²) in [4.78, 5) is 0. The zero-order valence-electron chi connectivity index (χ0n) is 10.0. The van der Waals surface area contributed by atoms with Gasteiger partial charge < -0.3 is 10.1 Å². The van der Waals surface area contributed by atoms with Crippen LogP contribution in [0.2, 0.25) is 0 Å². The van der Waals surface area contributed by atoms with Crippen molar-refractivity contribution in [3.05, 3.63) is 11.3 Å². The molecule has 0 aliphatic rings. The molecule has 1 aromatic rings. The molecule has 18 heavy (non-hydrogen) atoms. The Hall–Kier alpha value is -1.75. The van der Waals surface area contributed by atoms with E-state index in [1.54, 1.807) is 14.0 Å². The summed E-state index contributed by atoms with van der Waals surface area (Å²) in [6.07, 6.45) is -4.32. The van der Waals surface area contributed by atoms with Gasteiger partial charge in [-0.05, 0) is 6.92 Å². The number of aromatic nitrogens is 2. The van der Waals surface area contributed by atoms with E-state index in [2.05, 4.69) is 15.2 Å². The Morgan fingerprint density at radius 1 is 1.50 bits per heavy atom. The number of alkyl halides is 3. The summed E-state index contributed by atoms with van der Waals surface area (Å²) in [6, 6.07) is 1.98. The molecular weight excluding hydrogens is 249 g/mol. The Labute approximate surface area is 102 Å². The molecule has 8 heteroatoms. The number of nitrogens with one attached hydrogen (secondary N) is 1. The Morgan fingerprint density at radius 3 is 2.72 bits per heavy atom. The van der Waals surface area contributed by atoms with Crippen molar-refractivity contribution in [2.45, 2.75) is 13.1 Å². The van der Waals surface area contributed by atoms with E-state index >= 15 is 0 Å². The Kier molecular flexibility index (Phi) is 4.55. The van der Waals surface area contributed by atoms with Gasteiger partial charge in [-0.25, -0.2) is 0 Å². The third kappa shape index (κ3) is 3.92. The van der Waals surface area contributed by atoms with Gasteiger partial charge in [-0.1, -0.05) is 0 Å². The van der Waals surface area contributed by atoms with Gasteiger partial charge in [0.2, 0.25) is 0 Å². The fraction of sp³-hybridized carbons (Fsp3) is 0.600. The molecule has 0 atom stereocenters. The Bertz CT molecular complexity index is 447. The minimum Gasteiger partial charge on any atom is -0.370 e. The molecule has 0 fully saturated rings. The second-order valence-electron chi connectivity index (χ2n) is 3.64. The van der Waals surface area contributed by atoms with E-state index in [1.165, 1.54) is 4.68 Å². The monoisotopic (exact) mass is 262 g/mol. The number of ether oxygens (including phenoxy) is 1. The molecule has 0 spiro atoms. The maximum atomic E-state index is 11.8. The number of aryl methyl sites for hydroxylation is 2. The lowest BCUT2D eigenvalue weighted by Crippen LogP contribution is -2.20. The number of halogens is 3. The zero-order valence-corrected chi connectivity index (χ0v) is 10.0. The summed E-state index contributed by atoms with van der Waals surface area (Å²) in [5.41, 5.74) is 0.951. The van der Waals surface area contributed by atoms with Gasteiger partial charge in [0.05, 0.1) is 12.3 Å². The molecule has 0 saturated carbocycles. The van der Waals surface area contributed by atoms with Crippen molar-refractivity contribution in [1.29, 1.82) is 5.26 Å². The second kappa shape index (κ2) is 5.73. The zero-order chi connectivity index (χ0) is 13.8. The first-order chi connectivity index (χ1) is 8.35. The highest BCUT2D eigenvalue weighted by Crippen LogP contribution is 2.17. The van der Waals surface area contributed by atoms with Crippen molar-refractivity contribution in [3.63, 3.8) is 0 Å². The number of rotatable bonds is 5. The van der Waals surface area contributed by atoms with Crippen LogP contribution >= 0.6 is 0 Å². The third-order valence-corrected chi connectivity index (χ3v) is 2.14. The molecule has 0 aliphatic carbocycles. The molecule has 0 bridgehead atoms. The Morgan fingerprint density at radius 2 is 2.17 bits per heavy atom.